The summed E-state index contributed by atoms with van der Waals surface area (Å²) in [4.78, 5) is 69.7. The van der Waals surface area contributed by atoms with Gasteiger partial charge in [-0.15, -0.1) is 5.06 Å². The molecule has 11 nitrogen and oxygen atoms in total. The van der Waals surface area contributed by atoms with Crippen molar-refractivity contribution < 1.29 is 33.5 Å². The van der Waals surface area contributed by atoms with Crippen LogP contribution in [0.25, 0.3) is 0 Å². The van der Waals surface area contributed by atoms with E-state index in [1.54, 1.807) is 0 Å². The third-order valence-electron chi connectivity index (χ3n) is 8.74. The standard InChI is InChI=1S/C34H41ClN4O7/c1-23-5-4-6-29(34(23)35)38-16-14-37(15-17-38)13-2-3-18-45-27-7-8-28-24(21-27)19-26(40)20-25(28)22-36-30(41)9-12-33(44)46-39-31(42)10-11-32(39)43/h4-8,21,25H,2-3,9-20,22H2,1H3,(H,36,41). The molecule has 0 bridgehead atoms. The van der Waals surface area contributed by atoms with Gasteiger partial charge in [0, 0.05) is 70.7 Å². The van der Waals surface area contributed by atoms with Crippen molar-refractivity contribution >= 4 is 46.8 Å². The summed E-state index contributed by atoms with van der Waals surface area (Å²) in [5.41, 5.74) is 4.13. The summed E-state index contributed by atoms with van der Waals surface area (Å²) >= 11 is 6.53. The van der Waals surface area contributed by atoms with Crippen LogP contribution in [0.3, 0.4) is 0 Å². The number of nitrogens with zero attached hydrogens (tertiary/aromatic N) is 3. The Kier molecular flexibility index (Phi) is 11.3. The molecule has 2 aromatic rings. The average Bonchev–Trinajstić information content (AvgIpc) is 3.36. The lowest BCUT2D eigenvalue weighted by Gasteiger charge is -2.36. The molecule has 3 aliphatic rings. The Morgan fingerprint density at radius 3 is 2.50 bits per heavy atom. The van der Waals surface area contributed by atoms with E-state index in [0.717, 1.165) is 78.7 Å². The SMILES string of the molecule is Cc1cccc(N2CCN(CCCCOc3ccc4c(c3)CC(=O)CC4CNC(=O)CCC(=O)ON3C(=O)CCC3=O)CC2)c1Cl. The van der Waals surface area contributed by atoms with Crippen LogP contribution in [0.5, 0.6) is 5.75 Å². The second kappa shape index (κ2) is 15.6. The molecule has 2 heterocycles. The number of carbonyl (C=O) groups excluding carboxylic acids is 5. The number of unbranched alkanes of at least 4 members (excludes halogenated alkanes) is 1. The lowest BCUT2D eigenvalue weighted by atomic mass is 9.82. The first-order chi connectivity index (χ1) is 22.2. The number of rotatable bonds is 13. The van der Waals surface area contributed by atoms with E-state index in [2.05, 4.69) is 27.2 Å². The number of amides is 3. The van der Waals surface area contributed by atoms with Crippen LogP contribution in [0.1, 0.15) is 67.6 Å². The maximum atomic E-state index is 12.5. The van der Waals surface area contributed by atoms with Crippen molar-refractivity contribution in [1.82, 2.24) is 15.3 Å². The fourth-order valence-electron chi connectivity index (χ4n) is 6.14. The number of hydroxylamine groups is 2. The second-order valence-corrected chi connectivity index (χ2v) is 12.5. The van der Waals surface area contributed by atoms with Crippen molar-refractivity contribution in [1.29, 1.82) is 0 Å². The number of carbonyl (C=O) groups is 5. The molecule has 5 rings (SSSR count). The van der Waals surface area contributed by atoms with Crippen molar-refractivity contribution in [3.05, 3.63) is 58.1 Å². The minimum absolute atomic E-state index is 0.00665. The summed E-state index contributed by atoms with van der Waals surface area (Å²) in [7, 11) is 0. The Morgan fingerprint density at radius 1 is 0.978 bits per heavy atom. The quantitative estimate of drug-likeness (QED) is 0.255. The number of halogens is 1. The van der Waals surface area contributed by atoms with E-state index in [-0.39, 0.29) is 49.8 Å². The summed E-state index contributed by atoms with van der Waals surface area (Å²) in [5.74, 6) is -1.69. The third-order valence-corrected chi connectivity index (χ3v) is 9.23. The van der Waals surface area contributed by atoms with Crippen molar-refractivity contribution in [2.75, 3.05) is 50.8 Å². The summed E-state index contributed by atoms with van der Waals surface area (Å²) < 4.78 is 6.03. The van der Waals surface area contributed by atoms with Gasteiger partial charge in [-0.1, -0.05) is 29.8 Å². The van der Waals surface area contributed by atoms with Gasteiger partial charge in [0.2, 0.25) is 5.91 Å². The minimum Gasteiger partial charge on any atom is -0.494 e. The van der Waals surface area contributed by atoms with E-state index in [4.69, 9.17) is 21.2 Å². The number of hydrogen-bond acceptors (Lipinski definition) is 9. The lowest BCUT2D eigenvalue weighted by molar-refractivity contribution is -0.197. The van der Waals surface area contributed by atoms with Crippen LogP contribution >= 0.6 is 11.6 Å². The second-order valence-electron chi connectivity index (χ2n) is 12.1. The fraction of sp³-hybridized carbons (Fsp3) is 0.500. The van der Waals surface area contributed by atoms with Crippen LogP contribution in [0.15, 0.2) is 36.4 Å². The zero-order chi connectivity index (χ0) is 32.6. The van der Waals surface area contributed by atoms with Crippen LogP contribution in [0.4, 0.5) is 5.69 Å². The first-order valence-corrected chi connectivity index (χ1v) is 16.4. The molecule has 0 spiro atoms. The van der Waals surface area contributed by atoms with Gasteiger partial charge < -0.3 is 19.8 Å². The fourth-order valence-corrected chi connectivity index (χ4v) is 6.38. The molecule has 12 heteroatoms. The highest BCUT2D eigenvalue weighted by Crippen LogP contribution is 2.32. The number of aryl methyl sites for hydroxylation is 1. The van der Waals surface area contributed by atoms with Gasteiger partial charge in [-0.2, -0.15) is 0 Å². The molecular formula is C34H41ClN4O7. The number of ether oxygens (including phenoxy) is 1. The predicted molar refractivity (Wildman–Crippen MR) is 172 cm³/mol. The molecule has 46 heavy (non-hydrogen) atoms. The molecular weight excluding hydrogens is 612 g/mol. The highest BCUT2D eigenvalue weighted by Gasteiger charge is 2.33. The number of hydrogen-bond donors (Lipinski definition) is 1. The predicted octanol–water partition coefficient (Wildman–Crippen LogP) is 3.73. The Morgan fingerprint density at radius 2 is 1.74 bits per heavy atom. The van der Waals surface area contributed by atoms with Crippen LogP contribution in [-0.2, 0) is 35.2 Å². The molecule has 1 atom stereocenters. The first kappa shape index (κ1) is 33.4. The Balaban J connectivity index is 1.00. The smallest absolute Gasteiger partial charge is 0.333 e. The zero-order valence-electron chi connectivity index (χ0n) is 26.2. The molecule has 1 aliphatic carbocycles. The monoisotopic (exact) mass is 652 g/mol. The van der Waals surface area contributed by atoms with Gasteiger partial charge in [-0.25, -0.2) is 4.79 Å². The molecule has 0 aromatic heterocycles. The molecule has 2 aliphatic heterocycles. The molecule has 0 radical (unpaired) electrons. The number of piperazine rings is 1. The molecule has 246 valence electrons. The molecule has 2 saturated heterocycles. The Labute approximate surface area is 274 Å². The molecule has 1 unspecified atom stereocenters. The average molecular weight is 653 g/mol. The zero-order valence-corrected chi connectivity index (χ0v) is 27.0. The number of nitrogens with one attached hydrogen (secondary N) is 1. The van der Waals surface area contributed by atoms with Crippen molar-refractivity contribution in [2.24, 2.45) is 0 Å². The minimum atomic E-state index is -0.827. The van der Waals surface area contributed by atoms with Crippen LogP contribution in [0.2, 0.25) is 5.02 Å². The Bertz CT molecular complexity index is 1460. The van der Waals surface area contributed by atoms with Crippen LogP contribution < -0.4 is 15.0 Å². The number of ketones is 1. The number of anilines is 1. The van der Waals surface area contributed by atoms with E-state index in [0.29, 0.717) is 24.5 Å². The lowest BCUT2D eigenvalue weighted by Crippen LogP contribution is -2.46. The van der Waals surface area contributed by atoms with Crippen LogP contribution in [0, 0.1) is 6.92 Å². The maximum Gasteiger partial charge on any atom is 0.333 e. The van der Waals surface area contributed by atoms with Crippen molar-refractivity contribution in [3.63, 3.8) is 0 Å². The Hall–Kier alpha value is -3.96. The molecule has 3 amide bonds. The number of fused-ring (bicyclic) bond motifs is 1. The number of imide groups is 1. The largest absolute Gasteiger partial charge is 0.494 e. The molecule has 0 saturated carbocycles. The van der Waals surface area contributed by atoms with E-state index in [1.165, 1.54) is 0 Å². The molecule has 1 N–H and O–H groups in total. The van der Waals surface area contributed by atoms with Crippen LogP contribution in [-0.4, -0.2) is 85.3 Å². The number of benzene rings is 2. The highest BCUT2D eigenvalue weighted by molar-refractivity contribution is 6.34. The summed E-state index contributed by atoms with van der Waals surface area (Å²) in [6, 6.07) is 12.0. The van der Waals surface area contributed by atoms with Gasteiger partial charge in [-0.05, 0) is 61.2 Å². The normalized spacial score (nSPS) is 18.5. The highest BCUT2D eigenvalue weighted by atomic mass is 35.5. The van der Waals surface area contributed by atoms with Gasteiger partial charge in [0.05, 0.1) is 23.7 Å². The van der Waals surface area contributed by atoms with Gasteiger partial charge in [0.1, 0.15) is 11.5 Å². The van der Waals surface area contributed by atoms with Gasteiger partial charge in [-0.3, -0.25) is 24.1 Å². The van der Waals surface area contributed by atoms with E-state index >= 15 is 0 Å². The maximum absolute atomic E-state index is 12.5. The summed E-state index contributed by atoms with van der Waals surface area (Å²) in [5, 5.41) is 4.10. The van der Waals surface area contributed by atoms with Gasteiger partial charge >= 0.3 is 5.97 Å². The number of Topliss-reactive ketones (excluding diaryl/α,β-unsaturated/α-hetero) is 1. The first-order valence-electron chi connectivity index (χ1n) is 16.0. The topological polar surface area (TPSA) is 126 Å². The third kappa shape index (κ3) is 8.64. The van der Waals surface area contributed by atoms with E-state index in [9.17, 15) is 24.0 Å². The van der Waals surface area contributed by atoms with Gasteiger partial charge in [0.25, 0.3) is 11.8 Å². The van der Waals surface area contributed by atoms with Crippen molar-refractivity contribution in [3.8, 4) is 5.75 Å². The summed E-state index contributed by atoms with van der Waals surface area (Å²) in [6.45, 7) is 7.81. The van der Waals surface area contributed by atoms with E-state index < -0.39 is 17.8 Å². The van der Waals surface area contributed by atoms with Crippen molar-refractivity contribution in [2.45, 2.75) is 64.2 Å². The molecule has 2 aromatic carbocycles. The summed E-state index contributed by atoms with van der Waals surface area (Å²) in [6.07, 6.45) is 2.18. The molecule has 2 fully saturated rings. The van der Waals surface area contributed by atoms with E-state index in [1.807, 2.05) is 31.2 Å². The van der Waals surface area contributed by atoms with Gasteiger partial charge in [0.15, 0.2) is 0 Å².